The molecule has 0 radical (unpaired) electrons. The molecule has 0 aliphatic heterocycles. The molecule has 0 heterocycles. The van der Waals surface area contributed by atoms with E-state index in [2.05, 4.69) is 69.4 Å². The highest BCUT2D eigenvalue weighted by atomic mass is 16.6. The molecule has 0 amide bonds. The minimum Gasteiger partial charge on any atom is -0.462 e. The van der Waals surface area contributed by atoms with Crippen molar-refractivity contribution in [1.82, 2.24) is 0 Å². The highest BCUT2D eigenvalue weighted by Gasteiger charge is 2.19. The highest BCUT2D eigenvalue weighted by Crippen LogP contribution is 2.17. The lowest BCUT2D eigenvalue weighted by Crippen LogP contribution is -2.30. The van der Waals surface area contributed by atoms with Crippen molar-refractivity contribution >= 4 is 17.9 Å². The van der Waals surface area contributed by atoms with Crippen LogP contribution in [0.1, 0.15) is 348 Å². The zero-order valence-corrected chi connectivity index (χ0v) is 49.6. The molecule has 0 aliphatic carbocycles. The Morgan fingerprint density at radius 1 is 0.270 bits per heavy atom. The Morgan fingerprint density at radius 3 is 0.757 bits per heavy atom. The number of ether oxygens (including phenoxy) is 3. The van der Waals surface area contributed by atoms with Gasteiger partial charge >= 0.3 is 17.9 Å². The number of carbonyl (C=O) groups is 3. The third kappa shape index (κ3) is 60.2. The van der Waals surface area contributed by atoms with Crippen LogP contribution in [0.25, 0.3) is 0 Å². The van der Waals surface area contributed by atoms with E-state index in [0.717, 1.165) is 77.0 Å². The maximum absolute atomic E-state index is 12.9. The lowest BCUT2D eigenvalue weighted by Gasteiger charge is -2.18. The van der Waals surface area contributed by atoms with Gasteiger partial charge in [0, 0.05) is 19.3 Å². The van der Waals surface area contributed by atoms with E-state index in [4.69, 9.17) is 14.2 Å². The summed E-state index contributed by atoms with van der Waals surface area (Å²) in [6.07, 6.45) is 78.2. The number of hydrogen-bond acceptors (Lipinski definition) is 6. The molecular weight excluding hydrogens is 913 g/mol. The zero-order chi connectivity index (χ0) is 53.6. The summed E-state index contributed by atoms with van der Waals surface area (Å²) < 4.78 is 17.0. The third-order valence-corrected chi connectivity index (χ3v) is 14.6. The van der Waals surface area contributed by atoms with E-state index >= 15 is 0 Å². The van der Waals surface area contributed by atoms with Crippen LogP contribution in [0.15, 0.2) is 48.6 Å². The molecule has 1 unspecified atom stereocenters. The second-order valence-electron chi connectivity index (χ2n) is 22.0. The number of carbonyl (C=O) groups excluding carboxylic acids is 3. The Hall–Kier alpha value is -2.63. The first-order chi connectivity index (χ1) is 36.5. The van der Waals surface area contributed by atoms with Gasteiger partial charge in [-0.2, -0.15) is 0 Å². The molecule has 6 heteroatoms. The number of esters is 3. The largest absolute Gasteiger partial charge is 0.462 e. The Bertz CT molecular complexity index is 1280. The second-order valence-corrected chi connectivity index (χ2v) is 22.0. The SMILES string of the molecule is CCCCCC/C=C\C/C=C\CCCCCCCCCC(=O)OC(COC(=O)CCCCCCCCCCC/C=C\C/C=C\CCCCCCC)COC(=O)CCCCCCCCCCCCCCCCCCC. The molecule has 6 nitrogen and oxygen atoms in total. The first-order valence-electron chi connectivity index (χ1n) is 32.6. The predicted molar refractivity (Wildman–Crippen MR) is 321 cm³/mol. The van der Waals surface area contributed by atoms with Gasteiger partial charge in [-0.05, 0) is 83.5 Å². The topological polar surface area (TPSA) is 78.9 Å². The molecule has 74 heavy (non-hydrogen) atoms. The number of hydrogen-bond donors (Lipinski definition) is 0. The third-order valence-electron chi connectivity index (χ3n) is 14.6. The van der Waals surface area contributed by atoms with Crippen molar-refractivity contribution in [3.63, 3.8) is 0 Å². The van der Waals surface area contributed by atoms with Crippen LogP contribution in [0.4, 0.5) is 0 Å². The molecule has 0 aromatic heterocycles. The molecule has 0 aromatic rings. The highest BCUT2D eigenvalue weighted by molar-refractivity contribution is 5.71. The van der Waals surface area contributed by atoms with Gasteiger partial charge in [0.2, 0.25) is 0 Å². The first kappa shape index (κ1) is 71.4. The summed E-state index contributed by atoms with van der Waals surface area (Å²) in [7, 11) is 0. The van der Waals surface area contributed by atoms with Gasteiger partial charge in [-0.15, -0.1) is 0 Å². The average Bonchev–Trinajstić information content (AvgIpc) is 3.40. The minimum atomic E-state index is -0.778. The predicted octanol–water partition coefficient (Wildman–Crippen LogP) is 22.2. The average molecular weight is 1040 g/mol. The summed E-state index contributed by atoms with van der Waals surface area (Å²) in [5.41, 5.74) is 0. The Balaban J connectivity index is 4.35. The summed E-state index contributed by atoms with van der Waals surface area (Å²) in [5, 5.41) is 0. The smallest absolute Gasteiger partial charge is 0.306 e. The van der Waals surface area contributed by atoms with Crippen molar-refractivity contribution in [1.29, 1.82) is 0 Å². The van der Waals surface area contributed by atoms with Crippen molar-refractivity contribution < 1.29 is 28.6 Å². The lowest BCUT2D eigenvalue weighted by molar-refractivity contribution is -0.167. The molecule has 0 aliphatic rings. The first-order valence-corrected chi connectivity index (χ1v) is 32.6. The van der Waals surface area contributed by atoms with Crippen LogP contribution < -0.4 is 0 Å². The Kier molecular flexibility index (Phi) is 60.7. The van der Waals surface area contributed by atoms with E-state index in [1.807, 2.05) is 0 Å². The summed E-state index contributed by atoms with van der Waals surface area (Å²) in [6.45, 7) is 6.66. The fourth-order valence-electron chi connectivity index (χ4n) is 9.62. The van der Waals surface area contributed by atoms with Gasteiger partial charge in [-0.3, -0.25) is 14.4 Å². The Morgan fingerprint density at radius 2 is 0.486 bits per heavy atom. The zero-order valence-electron chi connectivity index (χ0n) is 49.6. The summed E-state index contributed by atoms with van der Waals surface area (Å²) >= 11 is 0. The van der Waals surface area contributed by atoms with E-state index in [1.165, 1.54) is 231 Å². The van der Waals surface area contributed by atoms with Crippen molar-refractivity contribution in [2.45, 2.75) is 354 Å². The number of allylic oxidation sites excluding steroid dienone is 8. The van der Waals surface area contributed by atoms with Crippen LogP contribution in [0.3, 0.4) is 0 Å². The fraction of sp³-hybridized carbons (Fsp3) is 0.838. The molecule has 0 N–H and O–H groups in total. The standard InChI is InChI=1S/C68H124O6/c1-4-7-10-13-16-19-22-25-28-31-33-34-35-38-40-43-46-49-52-55-58-61-67(70)73-64-65(63-72-66(69)60-57-54-51-48-45-42-39-36-30-27-24-21-18-15-12-9-6-3)74-68(71)62-59-56-53-50-47-44-41-37-32-29-26-23-20-17-14-11-8-5-2/h20,22-23,25,29,31-33,65H,4-19,21,24,26-28,30,34-64H2,1-3H3/b23-20-,25-22-,32-29-,33-31-. The van der Waals surface area contributed by atoms with Crippen molar-refractivity contribution in [2.75, 3.05) is 13.2 Å². The molecule has 0 saturated heterocycles. The van der Waals surface area contributed by atoms with Crippen LogP contribution in [0, 0.1) is 0 Å². The van der Waals surface area contributed by atoms with Crippen LogP contribution >= 0.6 is 0 Å². The molecular formula is C68H124O6. The quantitative estimate of drug-likeness (QED) is 0.0261. The maximum Gasteiger partial charge on any atom is 0.306 e. The van der Waals surface area contributed by atoms with Crippen LogP contribution in [-0.2, 0) is 28.6 Å². The van der Waals surface area contributed by atoms with E-state index < -0.39 is 6.10 Å². The Labute approximate surface area is 460 Å². The molecule has 0 rings (SSSR count). The summed E-state index contributed by atoms with van der Waals surface area (Å²) in [5.74, 6) is -0.864. The molecule has 432 valence electrons. The van der Waals surface area contributed by atoms with Gasteiger partial charge in [-0.1, -0.05) is 294 Å². The fourth-order valence-corrected chi connectivity index (χ4v) is 9.62. The van der Waals surface area contributed by atoms with E-state index in [9.17, 15) is 14.4 Å². The van der Waals surface area contributed by atoms with Crippen molar-refractivity contribution in [3.8, 4) is 0 Å². The van der Waals surface area contributed by atoms with E-state index in [0.29, 0.717) is 19.3 Å². The van der Waals surface area contributed by atoms with Gasteiger partial charge in [0.05, 0.1) is 0 Å². The summed E-state index contributed by atoms with van der Waals surface area (Å²) in [6, 6.07) is 0. The van der Waals surface area contributed by atoms with Crippen LogP contribution in [0.2, 0.25) is 0 Å². The summed E-state index contributed by atoms with van der Waals surface area (Å²) in [4.78, 5) is 38.4. The maximum atomic E-state index is 12.9. The molecule has 0 fully saturated rings. The molecule has 0 spiro atoms. The normalized spacial score (nSPS) is 12.3. The van der Waals surface area contributed by atoms with E-state index in [-0.39, 0.29) is 31.1 Å². The van der Waals surface area contributed by atoms with Gasteiger partial charge in [0.15, 0.2) is 6.10 Å². The van der Waals surface area contributed by atoms with Crippen molar-refractivity contribution in [2.24, 2.45) is 0 Å². The molecule has 0 bridgehead atoms. The monoisotopic (exact) mass is 1040 g/mol. The van der Waals surface area contributed by atoms with Crippen LogP contribution in [0.5, 0.6) is 0 Å². The number of rotatable bonds is 60. The van der Waals surface area contributed by atoms with Gasteiger partial charge in [0.25, 0.3) is 0 Å². The van der Waals surface area contributed by atoms with Gasteiger partial charge in [-0.25, -0.2) is 0 Å². The number of unbranched alkanes of at least 4 members (excludes halogenated alkanes) is 41. The van der Waals surface area contributed by atoms with Gasteiger partial charge in [0.1, 0.15) is 13.2 Å². The van der Waals surface area contributed by atoms with Gasteiger partial charge < -0.3 is 14.2 Å². The van der Waals surface area contributed by atoms with Crippen LogP contribution in [-0.4, -0.2) is 37.2 Å². The van der Waals surface area contributed by atoms with E-state index in [1.54, 1.807) is 0 Å². The molecule has 0 aromatic carbocycles. The van der Waals surface area contributed by atoms with Crippen molar-refractivity contribution in [3.05, 3.63) is 48.6 Å². The second kappa shape index (κ2) is 62.9. The molecule has 1 atom stereocenters. The lowest BCUT2D eigenvalue weighted by atomic mass is 10.0. The minimum absolute atomic E-state index is 0.0739. The molecule has 0 saturated carbocycles.